The molecule has 4 heteroatoms. The van der Waals surface area contributed by atoms with Gasteiger partial charge in [0.05, 0.1) is 0 Å². The number of rotatable bonds is 1. The van der Waals surface area contributed by atoms with Crippen molar-refractivity contribution in [2.24, 2.45) is 0 Å². The molecule has 0 radical (unpaired) electrons. The molecule has 1 aromatic carbocycles. The van der Waals surface area contributed by atoms with E-state index in [4.69, 9.17) is 9.15 Å². The monoisotopic (exact) mass is 232 g/mol. The first kappa shape index (κ1) is 10.4. The van der Waals surface area contributed by atoms with Crippen LogP contribution < -0.4 is 5.43 Å². The van der Waals surface area contributed by atoms with Crippen LogP contribution in [0.1, 0.15) is 24.7 Å². The fraction of sp³-hybridized carbons (Fsp3) is 0.308. The lowest BCUT2D eigenvalue weighted by atomic mass is 10.1. The third-order valence-corrected chi connectivity index (χ3v) is 3.00. The van der Waals surface area contributed by atoms with Crippen LogP contribution >= 0.6 is 0 Å². The van der Waals surface area contributed by atoms with Crippen molar-refractivity contribution >= 4 is 11.0 Å². The first-order valence-electron chi connectivity index (χ1n) is 5.63. The summed E-state index contributed by atoms with van der Waals surface area (Å²) in [5.74, 6) is 0.501. The normalized spacial score (nSPS) is 19.9. The first-order chi connectivity index (χ1) is 8.25. The molecule has 1 fully saturated rings. The van der Waals surface area contributed by atoms with E-state index in [1.807, 2.05) is 0 Å². The van der Waals surface area contributed by atoms with Crippen molar-refractivity contribution in [1.82, 2.24) is 0 Å². The van der Waals surface area contributed by atoms with Gasteiger partial charge in [0.1, 0.15) is 28.6 Å². The summed E-state index contributed by atoms with van der Waals surface area (Å²) in [7, 11) is 0. The molecule has 0 bridgehead atoms. The zero-order valence-corrected chi connectivity index (χ0v) is 9.18. The summed E-state index contributed by atoms with van der Waals surface area (Å²) in [4.78, 5) is 11.9. The Bertz CT molecular complexity index is 608. The predicted octanol–water partition coefficient (Wildman–Crippen LogP) is 2.35. The van der Waals surface area contributed by atoms with Crippen molar-refractivity contribution in [2.75, 3.05) is 6.61 Å². The van der Waals surface area contributed by atoms with E-state index in [0.717, 1.165) is 12.8 Å². The molecular formula is C13H12O4. The van der Waals surface area contributed by atoms with Crippen molar-refractivity contribution in [3.8, 4) is 5.75 Å². The van der Waals surface area contributed by atoms with Gasteiger partial charge in [0, 0.05) is 12.7 Å². The summed E-state index contributed by atoms with van der Waals surface area (Å²) >= 11 is 0. The van der Waals surface area contributed by atoms with Gasteiger partial charge in [-0.2, -0.15) is 0 Å². The second kappa shape index (κ2) is 3.89. The minimum atomic E-state index is -0.227. The summed E-state index contributed by atoms with van der Waals surface area (Å²) < 4.78 is 11.1. The second-order valence-electron chi connectivity index (χ2n) is 4.16. The largest absolute Gasteiger partial charge is 0.507 e. The Balaban J connectivity index is 2.20. The zero-order valence-electron chi connectivity index (χ0n) is 9.18. The number of ether oxygens (including phenoxy) is 1. The molecule has 1 aliphatic heterocycles. The van der Waals surface area contributed by atoms with Crippen molar-refractivity contribution < 1.29 is 14.3 Å². The smallest absolute Gasteiger partial charge is 0.196 e. The predicted molar refractivity (Wildman–Crippen MR) is 62.1 cm³/mol. The molecule has 1 aromatic heterocycles. The highest BCUT2D eigenvalue weighted by molar-refractivity contribution is 5.82. The fourth-order valence-electron chi connectivity index (χ4n) is 2.17. The van der Waals surface area contributed by atoms with E-state index in [1.54, 1.807) is 12.1 Å². The highest BCUT2D eigenvalue weighted by atomic mass is 16.5. The van der Waals surface area contributed by atoms with E-state index in [2.05, 4.69) is 0 Å². The molecule has 1 saturated heterocycles. The second-order valence-corrected chi connectivity index (χ2v) is 4.16. The molecule has 0 saturated carbocycles. The summed E-state index contributed by atoms with van der Waals surface area (Å²) in [6.07, 6.45) is 1.72. The molecule has 17 heavy (non-hydrogen) atoms. The lowest BCUT2D eigenvalue weighted by molar-refractivity contribution is 0.0939. The SMILES string of the molecule is O=c1cc(C2CCCO2)oc2cccc(O)c12. The fourth-order valence-corrected chi connectivity index (χ4v) is 2.17. The van der Waals surface area contributed by atoms with Gasteiger partial charge in [0.15, 0.2) is 5.43 Å². The molecule has 0 amide bonds. The van der Waals surface area contributed by atoms with Crippen LogP contribution in [0.15, 0.2) is 33.5 Å². The van der Waals surface area contributed by atoms with Crippen LogP contribution in [-0.4, -0.2) is 11.7 Å². The molecule has 1 unspecified atom stereocenters. The highest BCUT2D eigenvalue weighted by Crippen LogP contribution is 2.30. The molecule has 4 nitrogen and oxygen atoms in total. The van der Waals surface area contributed by atoms with E-state index in [0.29, 0.717) is 18.0 Å². The molecule has 0 spiro atoms. The Labute approximate surface area is 97.4 Å². The maximum atomic E-state index is 11.9. The Morgan fingerprint density at radius 1 is 1.35 bits per heavy atom. The van der Waals surface area contributed by atoms with Gasteiger partial charge in [-0.05, 0) is 25.0 Å². The molecule has 1 N–H and O–H groups in total. The zero-order chi connectivity index (χ0) is 11.8. The molecule has 1 atom stereocenters. The van der Waals surface area contributed by atoms with Gasteiger partial charge in [-0.3, -0.25) is 4.79 Å². The number of fused-ring (bicyclic) bond motifs is 1. The maximum absolute atomic E-state index is 11.9. The van der Waals surface area contributed by atoms with Crippen molar-refractivity contribution in [3.05, 3.63) is 40.2 Å². The van der Waals surface area contributed by atoms with E-state index >= 15 is 0 Å². The molecule has 0 aliphatic carbocycles. The lowest BCUT2D eigenvalue weighted by Gasteiger charge is -2.09. The third kappa shape index (κ3) is 1.70. The topological polar surface area (TPSA) is 59.7 Å². The van der Waals surface area contributed by atoms with E-state index in [9.17, 15) is 9.90 Å². The molecule has 3 rings (SSSR count). The Hall–Kier alpha value is -1.81. The van der Waals surface area contributed by atoms with Crippen molar-refractivity contribution in [1.29, 1.82) is 0 Å². The average molecular weight is 232 g/mol. The number of phenolic OH excluding ortho intramolecular Hbond substituents is 1. The standard InChI is InChI=1S/C13H12O4/c14-8-3-1-4-11-13(8)9(15)7-12(17-11)10-5-2-6-16-10/h1,3-4,7,10,14H,2,5-6H2. The summed E-state index contributed by atoms with van der Waals surface area (Å²) in [5.41, 5.74) is 0.179. The lowest BCUT2D eigenvalue weighted by Crippen LogP contribution is -2.05. The van der Waals surface area contributed by atoms with Crippen LogP contribution in [0.25, 0.3) is 11.0 Å². The Morgan fingerprint density at radius 2 is 2.24 bits per heavy atom. The van der Waals surface area contributed by atoms with Gasteiger partial charge in [0.2, 0.25) is 0 Å². The van der Waals surface area contributed by atoms with Crippen LogP contribution in [0.2, 0.25) is 0 Å². The van der Waals surface area contributed by atoms with Gasteiger partial charge < -0.3 is 14.3 Å². The van der Waals surface area contributed by atoms with Crippen LogP contribution in [0.4, 0.5) is 0 Å². The van der Waals surface area contributed by atoms with Crippen LogP contribution in [0.3, 0.4) is 0 Å². The van der Waals surface area contributed by atoms with Gasteiger partial charge in [0.25, 0.3) is 0 Å². The molecular weight excluding hydrogens is 220 g/mol. The first-order valence-corrected chi connectivity index (χ1v) is 5.63. The minimum Gasteiger partial charge on any atom is -0.507 e. The number of hydrogen-bond acceptors (Lipinski definition) is 4. The third-order valence-electron chi connectivity index (χ3n) is 3.00. The molecule has 1 aliphatic rings. The van der Waals surface area contributed by atoms with Gasteiger partial charge in [-0.1, -0.05) is 6.07 Å². The van der Waals surface area contributed by atoms with Crippen molar-refractivity contribution in [3.63, 3.8) is 0 Å². The summed E-state index contributed by atoms with van der Waals surface area (Å²) in [6.45, 7) is 0.701. The van der Waals surface area contributed by atoms with E-state index < -0.39 is 0 Å². The summed E-state index contributed by atoms with van der Waals surface area (Å²) in [6, 6.07) is 6.22. The quantitative estimate of drug-likeness (QED) is 0.819. The van der Waals surface area contributed by atoms with Crippen LogP contribution in [0.5, 0.6) is 5.75 Å². The number of benzene rings is 1. The van der Waals surface area contributed by atoms with Gasteiger partial charge >= 0.3 is 0 Å². The molecule has 88 valence electrons. The van der Waals surface area contributed by atoms with E-state index in [1.165, 1.54) is 12.1 Å². The Kier molecular flexibility index (Phi) is 2.37. The highest BCUT2D eigenvalue weighted by Gasteiger charge is 2.21. The summed E-state index contributed by atoms with van der Waals surface area (Å²) in [5, 5.41) is 9.85. The Morgan fingerprint density at radius 3 is 3.00 bits per heavy atom. The van der Waals surface area contributed by atoms with E-state index in [-0.39, 0.29) is 22.7 Å². The number of phenols is 1. The van der Waals surface area contributed by atoms with Crippen LogP contribution in [-0.2, 0) is 4.74 Å². The average Bonchev–Trinajstić information content (AvgIpc) is 2.81. The van der Waals surface area contributed by atoms with Gasteiger partial charge in [-0.25, -0.2) is 0 Å². The maximum Gasteiger partial charge on any atom is 0.196 e. The number of hydrogen-bond donors (Lipinski definition) is 1. The molecule has 2 aromatic rings. The van der Waals surface area contributed by atoms with Crippen LogP contribution in [0, 0.1) is 0 Å². The molecule has 2 heterocycles. The minimum absolute atomic E-state index is 0.0462. The number of aromatic hydroxyl groups is 1. The van der Waals surface area contributed by atoms with Gasteiger partial charge in [-0.15, -0.1) is 0 Å². The van der Waals surface area contributed by atoms with Crippen molar-refractivity contribution in [2.45, 2.75) is 18.9 Å².